The van der Waals surface area contributed by atoms with Crippen LogP contribution in [0, 0.1) is 0 Å². The minimum Gasteiger partial charge on any atom is -0.481 e. The van der Waals surface area contributed by atoms with Crippen molar-refractivity contribution in [1.29, 1.82) is 0 Å². The van der Waals surface area contributed by atoms with Gasteiger partial charge < -0.3 is 14.4 Å². The van der Waals surface area contributed by atoms with Crippen LogP contribution in [-0.2, 0) is 0 Å². The Balaban J connectivity index is 1.75. The van der Waals surface area contributed by atoms with Crippen LogP contribution in [0.1, 0.15) is 30.7 Å². The van der Waals surface area contributed by atoms with Gasteiger partial charge >= 0.3 is 6.01 Å². The average Bonchev–Trinajstić information content (AvgIpc) is 2.88. The molecule has 1 atom stereocenters. The van der Waals surface area contributed by atoms with Gasteiger partial charge in [-0.05, 0) is 30.7 Å². The molecule has 1 fully saturated rings. The molecule has 0 N–H and O–H groups in total. The van der Waals surface area contributed by atoms with E-state index in [9.17, 15) is 0 Å². The number of ether oxygens (including phenoxy) is 2. The fourth-order valence-corrected chi connectivity index (χ4v) is 3.13. The van der Waals surface area contributed by atoms with Crippen molar-refractivity contribution in [1.82, 2.24) is 9.97 Å². The second kappa shape index (κ2) is 7.31. The Labute approximate surface area is 137 Å². The van der Waals surface area contributed by atoms with E-state index < -0.39 is 0 Å². The van der Waals surface area contributed by atoms with Gasteiger partial charge in [-0.15, -0.1) is 0 Å². The molecule has 1 aromatic carbocycles. The van der Waals surface area contributed by atoms with E-state index in [0.717, 1.165) is 31.7 Å². The van der Waals surface area contributed by atoms with Crippen molar-refractivity contribution in [2.75, 3.05) is 32.2 Å². The zero-order valence-electron chi connectivity index (χ0n) is 13.7. The molecule has 1 aliphatic rings. The van der Waals surface area contributed by atoms with Crippen molar-refractivity contribution in [2.45, 2.75) is 25.2 Å². The van der Waals surface area contributed by atoms with Crippen molar-refractivity contribution >= 4 is 5.82 Å². The second-order valence-corrected chi connectivity index (χ2v) is 5.78. The summed E-state index contributed by atoms with van der Waals surface area (Å²) in [4.78, 5) is 10.9. The van der Waals surface area contributed by atoms with Gasteiger partial charge in [-0.1, -0.05) is 30.3 Å². The predicted molar refractivity (Wildman–Crippen MR) is 90.4 cm³/mol. The molecule has 2 heterocycles. The standard InChI is InChI=1S/C18H23N3O2/c1-22-17-13-16(19-18(20-17)23-2)21-11-6-9-15(10-12-21)14-7-4-3-5-8-14/h3-5,7-8,13,15H,6,9-12H2,1-2H3. The number of nitrogens with zero attached hydrogens (tertiary/aromatic N) is 3. The normalized spacial score (nSPS) is 18.3. The first-order valence-electron chi connectivity index (χ1n) is 8.07. The van der Waals surface area contributed by atoms with Crippen molar-refractivity contribution in [3.8, 4) is 11.9 Å². The third-order valence-corrected chi connectivity index (χ3v) is 4.38. The van der Waals surface area contributed by atoms with Crippen LogP contribution in [-0.4, -0.2) is 37.3 Å². The number of rotatable bonds is 4. The van der Waals surface area contributed by atoms with E-state index in [1.54, 1.807) is 14.2 Å². The Kier molecular flexibility index (Phi) is 4.95. The van der Waals surface area contributed by atoms with E-state index in [0.29, 0.717) is 17.8 Å². The quantitative estimate of drug-likeness (QED) is 0.867. The largest absolute Gasteiger partial charge is 0.481 e. The highest BCUT2D eigenvalue weighted by Gasteiger charge is 2.20. The Bertz CT molecular complexity index is 611. The number of aromatic nitrogens is 2. The molecule has 1 aliphatic heterocycles. The summed E-state index contributed by atoms with van der Waals surface area (Å²) in [5.41, 5.74) is 1.44. The van der Waals surface area contributed by atoms with Crippen molar-refractivity contribution in [3.05, 3.63) is 42.0 Å². The first kappa shape index (κ1) is 15.6. The fourth-order valence-electron chi connectivity index (χ4n) is 3.13. The van der Waals surface area contributed by atoms with E-state index in [4.69, 9.17) is 9.47 Å². The summed E-state index contributed by atoms with van der Waals surface area (Å²) in [6, 6.07) is 13.0. The van der Waals surface area contributed by atoms with E-state index in [2.05, 4.69) is 45.2 Å². The summed E-state index contributed by atoms with van der Waals surface area (Å²) in [7, 11) is 3.19. The van der Waals surface area contributed by atoms with Crippen LogP contribution < -0.4 is 14.4 Å². The summed E-state index contributed by atoms with van der Waals surface area (Å²) in [6.07, 6.45) is 3.48. The molecule has 2 aromatic rings. The van der Waals surface area contributed by atoms with Gasteiger partial charge in [0.2, 0.25) is 5.88 Å². The predicted octanol–water partition coefficient (Wildman–Crippen LogP) is 3.27. The van der Waals surface area contributed by atoms with Crippen molar-refractivity contribution in [3.63, 3.8) is 0 Å². The van der Waals surface area contributed by atoms with Crippen molar-refractivity contribution < 1.29 is 9.47 Å². The highest BCUT2D eigenvalue weighted by molar-refractivity contribution is 5.43. The lowest BCUT2D eigenvalue weighted by atomic mass is 9.92. The number of benzene rings is 1. The van der Waals surface area contributed by atoms with Gasteiger partial charge in [0.15, 0.2) is 0 Å². The Hall–Kier alpha value is -2.30. The lowest BCUT2D eigenvalue weighted by molar-refractivity contribution is 0.352. The molecule has 1 aromatic heterocycles. The molecule has 5 nitrogen and oxygen atoms in total. The molecule has 0 bridgehead atoms. The monoisotopic (exact) mass is 313 g/mol. The molecule has 0 radical (unpaired) electrons. The minimum absolute atomic E-state index is 0.350. The van der Waals surface area contributed by atoms with Gasteiger partial charge in [0, 0.05) is 19.2 Å². The lowest BCUT2D eigenvalue weighted by Gasteiger charge is -2.22. The van der Waals surface area contributed by atoms with E-state index >= 15 is 0 Å². The average molecular weight is 313 g/mol. The van der Waals surface area contributed by atoms with Gasteiger partial charge in [0.05, 0.1) is 14.2 Å². The third-order valence-electron chi connectivity index (χ3n) is 4.38. The zero-order chi connectivity index (χ0) is 16.1. The zero-order valence-corrected chi connectivity index (χ0v) is 13.7. The molecule has 0 spiro atoms. The van der Waals surface area contributed by atoms with Crippen LogP contribution in [0.5, 0.6) is 11.9 Å². The van der Waals surface area contributed by atoms with E-state index in [1.807, 2.05) is 6.07 Å². The molecule has 0 aliphatic carbocycles. The smallest absolute Gasteiger partial charge is 0.321 e. The maximum atomic E-state index is 5.25. The molecule has 1 saturated heterocycles. The molecule has 3 rings (SSSR count). The van der Waals surface area contributed by atoms with Gasteiger partial charge in [0.1, 0.15) is 5.82 Å². The minimum atomic E-state index is 0.350. The molecule has 0 amide bonds. The summed E-state index contributed by atoms with van der Waals surface area (Å²) >= 11 is 0. The number of hydrogen-bond acceptors (Lipinski definition) is 5. The summed E-state index contributed by atoms with van der Waals surface area (Å²) in [6.45, 7) is 1.97. The third kappa shape index (κ3) is 3.73. The Morgan fingerprint density at radius 2 is 1.83 bits per heavy atom. The number of hydrogen-bond donors (Lipinski definition) is 0. The molecular weight excluding hydrogens is 290 g/mol. The molecule has 23 heavy (non-hydrogen) atoms. The lowest BCUT2D eigenvalue weighted by Crippen LogP contribution is -2.25. The molecule has 122 valence electrons. The first-order chi connectivity index (χ1) is 11.3. The van der Waals surface area contributed by atoms with Gasteiger partial charge in [-0.25, -0.2) is 0 Å². The SMILES string of the molecule is COc1cc(N2CCCC(c3ccccc3)CC2)nc(OC)n1. The van der Waals surface area contributed by atoms with Gasteiger partial charge in [-0.2, -0.15) is 9.97 Å². The maximum Gasteiger partial charge on any atom is 0.321 e. The fraction of sp³-hybridized carbons (Fsp3) is 0.444. The molecule has 0 saturated carbocycles. The second-order valence-electron chi connectivity index (χ2n) is 5.78. The number of methoxy groups -OCH3 is 2. The molecule has 1 unspecified atom stereocenters. The van der Waals surface area contributed by atoms with Crippen molar-refractivity contribution in [2.24, 2.45) is 0 Å². The Morgan fingerprint density at radius 3 is 2.57 bits per heavy atom. The van der Waals surface area contributed by atoms with Crippen LogP contribution in [0.3, 0.4) is 0 Å². The maximum absolute atomic E-state index is 5.25. The van der Waals surface area contributed by atoms with E-state index in [-0.39, 0.29) is 0 Å². The van der Waals surface area contributed by atoms with E-state index in [1.165, 1.54) is 12.0 Å². The Morgan fingerprint density at radius 1 is 1.00 bits per heavy atom. The number of anilines is 1. The van der Waals surface area contributed by atoms with Crippen LogP contribution in [0.4, 0.5) is 5.82 Å². The summed E-state index contributed by atoms with van der Waals surface area (Å²) < 4.78 is 10.4. The van der Waals surface area contributed by atoms with Crippen LogP contribution >= 0.6 is 0 Å². The highest BCUT2D eigenvalue weighted by atomic mass is 16.5. The van der Waals surface area contributed by atoms with Crippen LogP contribution in [0.2, 0.25) is 0 Å². The summed E-state index contributed by atoms with van der Waals surface area (Å²) in [5.74, 6) is 2.03. The topological polar surface area (TPSA) is 47.5 Å². The molecular formula is C18H23N3O2. The van der Waals surface area contributed by atoms with Gasteiger partial charge in [-0.3, -0.25) is 0 Å². The van der Waals surface area contributed by atoms with Crippen LogP contribution in [0.25, 0.3) is 0 Å². The molecule has 5 heteroatoms. The highest BCUT2D eigenvalue weighted by Crippen LogP contribution is 2.30. The van der Waals surface area contributed by atoms with Crippen LogP contribution in [0.15, 0.2) is 36.4 Å². The first-order valence-corrected chi connectivity index (χ1v) is 8.07. The van der Waals surface area contributed by atoms with Gasteiger partial charge in [0.25, 0.3) is 0 Å². The summed E-state index contributed by atoms with van der Waals surface area (Å²) in [5, 5.41) is 0.